The third kappa shape index (κ3) is 2.00. The summed E-state index contributed by atoms with van der Waals surface area (Å²) in [5, 5.41) is 0.450. The molecule has 0 heterocycles. The molecule has 5 heteroatoms. The van der Waals surface area contributed by atoms with Crippen molar-refractivity contribution >= 4 is 16.6 Å². The molecule has 2 aromatic carbocycles. The second kappa shape index (κ2) is 3.84. The van der Waals surface area contributed by atoms with Crippen LogP contribution in [0.5, 0.6) is 0 Å². The van der Waals surface area contributed by atoms with Crippen LogP contribution >= 0.6 is 0 Å². The fourth-order valence-electron chi connectivity index (χ4n) is 1.56. The first kappa shape index (κ1) is 11.6. The van der Waals surface area contributed by atoms with Crippen molar-refractivity contribution in [2.75, 3.05) is 0 Å². The summed E-state index contributed by atoms with van der Waals surface area (Å²) >= 11 is 0. The molecule has 0 aliphatic carbocycles. The van der Waals surface area contributed by atoms with Gasteiger partial charge >= 0.3 is 6.18 Å². The summed E-state index contributed by atoms with van der Waals surface area (Å²) in [6, 6.07) is 8.16. The van der Waals surface area contributed by atoms with Gasteiger partial charge in [0.25, 0.3) is 5.78 Å². The van der Waals surface area contributed by atoms with E-state index in [0.29, 0.717) is 5.39 Å². The molecule has 0 saturated carbocycles. The Morgan fingerprint density at radius 1 is 1.00 bits per heavy atom. The van der Waals surface area contributed by atoms with E-state index in [4.69, 9.17) is 0 Å². The number of ketones is 1. The summed E-state index contributed by atoms with van der Waals surface area (Å²) < 4.78 is 50.3. The Kier molecular flexibility index (Phi) is 2.61. The molecule has 0 atom stereocenters. The molecule has 0 bridgehead atoms. The van der Waals surface area contributed by atoms with Gasteiger partial charge in [-0.15, -0.1) is 0 Å². The smallest absolute Gasteiger partial charge is 0.284 e. The average molecular weight is 242 g/mol. The highest BCUT2D eigenvalue weighted by molar-refractivity contribution is 6.03. The van der Waals surface area contributed by atoms with Gasteiger partial charge in [-0.05, 0) is 11.5 Å². The minimum Gasteiger partial charge on any atom is -0.284 e. The van der Waals surface area contributed by atoms with Crippen molar-refractivity contribution in [2.24, 2.45) is 0 Å². The number of fused-ring (bicyclic) bond motifs is 1. The van der Waals surface area contributed by atoms with Crippen LogP contribution in [0, 0.1) is 5.82 Å². The molecule has 0 fully saturated rings. The van der Waals surface area contributed by atoms with Gasteiger partial charge in [-0.1, -0.05) is 30.3 Å². The van der Waals surface area contributed by atoms with Gasteiger partial charge in [0.2, 0.25) is 0 Å². The van der Waals surface area contributed by atoms with Crippen molar-refractivity contribution in [2.45, 2.75) is 6.18 Å². The SMILES string of the molecule is O=C(c1ccc2ccccc2c1F)C(F)(F)F. The van der Waals surface area contributed by atoms with Gasteiger partial charge in [-0.3, -0.25) is 4.79 Å². The fourth-order valence-corrected chi connectivity index (χ4v) is 1.56. The number of rotatable bonds is 1. The maximum atomic E-state index is 13.7. The molecule has 0 unspecified atom stereocenters. The van der Waals surface area contributed by atoms with Gasteiger partial charge in [0.15, 0.2) is 0 Å². The molecule has 0 N–H and O–H groups in total. The van der Waals surface area contributed by atoms with E-state index in [-0.39, 0.29) is 5.39 Å². The highest BCUT2D eigenvalue weighted by Gasteiger charge is 2.40. The first-order valence-electron chi connectivity index (χ1n) is 4.70. The first-order chi connectivity index (χ1) is 7.91. The molecule has 0 amide bonds. The molecule has 88 valence electrons. The van der Waals surface area contributed by atoms with E-state index in [1.165, 1.54) is 18.2 Å². The predicted octanol–water partition coefficient (Wildman–Crippen LogP) is 3.72. The van der Waals surface area contributed by atoms with Crippen molar-refractivity contribution < 1.29 is 22.4 Å². The van der Waals surface area contributed by atoms with Crippen LogP contribution < -0.4 is 0 Å². The van der Waals surface area contributed by atoms with Crippen LogP contribution in [0.25, 0.3) is 10.8 Å². The molecular formula is C12H6F4O. The van der Waals surface area contributed by atoms with Gasteiger partial charge in [0.05, 0.1) is 5.56 Å². The minimum atomic E-state index is -5.07. The fraction of sp³-hybridized carbons (Fsp3) is 0.0833. The van der Waals surface area contributed by atoms with Crippen LogP contribution in [0.4, 0.5) is 17.6 Å². The Morgan fingerprint density at radius 3 is 2.29 bits per heavy atom. The van der Waals surface area contributed by atoms with Crippen molar-refractivity contribution in [1.29, 1.82) is 0 Å². The molecule has 2 rings (SSSR count). The van der Waals surface area contributed by atoms with Gasteiger partial charge in [0, 0.05) is 5.39 Å². The quantitative estimate of drug-likeness (QED) is 0.550. The number of carbonyl (C=O) groups is 1. The number of benzene rings is 2. The number of carbonyl (C=O) groups excluding carboxylic acids is 1. The molecule has 0 saturated heterocycles. The number of alkyl halides is 3. The molecule has 0 radical (unpaired) electrons. The molecular weight excluding hydrogens is 236 g/mol. The molecule has 2 aromatic rings. The van der Waals surface area contributed by atoms with Crippen LogP contribution in [0.2, 0.25) is 0 Å². The maximum absolute atomic E-state index is 13.7. The second-order valence-corrected chi connectivity index (χ2v) is 3.48. The Balaban J connectivity index is 2.65. The Bertz CT molecular complexity index is 587. The summed E-state index contributed by atoms with van der Waals surface area (Å²) in [6.45, 7) is 0. The minimum absolute atomic E-state index is 0.00241. The summed E-state index contributed by atoms with van der Waals surface area (Å²) in [4.78, 5) is 11.0. The lowest BCUT2D eigenvalue weighted by Gasteiger charge is -2.08. The molecule has 0 aliphatic rings. The van der Waals surface area contributed by atoms with Crippen LogP contribution in [-0.2, 0) is 0 Å². The summed E-state index contributed by atoms with van der Waals surface area (Å²) in [7, 11) is 0. The number of hydrogen-bond acceptors (Lipinski definition) is 1. The van der Waals surface area contributed by atoms with Crippen molar-refractivity contribution in [3.63, 3.8) is 0 Å². The zero-order valence-corrected chi connectivity index (χ0v) is 8.38. The molecule has 0 spiro atoms. The lowest BCUT2D eigenvalue weighted by Crippen LogP contribution is -2.23. The molecule has 0 aromatic heterocycles. The Labute approximate surface area is 93.7 Å². The normalized spacial score (nSPS) is 11.8. The van der Waals surface area contributed by atoms with E-state index in [0.717, 1.165) is 6.07 Å². The highest BCUT2D eigenvalue weighted by Crippen LogP contribution is 2.27. The van der Waals surface area contributed by atoms with E-state index in [1.807, 2.05) is 0 Å². The summed E-state index contributed by atoms with van der Waals surface area (Å²) in [5.41, 5.74) is -0.948. The van der Waals surface area contributed by atoms with E-state index in [9.17, 15) is 22.4 Å². The van der Waals surface area contributed by atoms with E-state index in [1.54, 1.807) is 12.1 Å². The largest absolute Gasteiger partial charge is 0.454 e. The van der Waals surface area contributed by atoms with Gasteiger partial charge < -0.3 is 0 Å². The lowest BCUT2D eigenvalue weighted by atomic mass is 10.0. The van der Waals surface area contributed by atoms with Crippen molar-refractivity contribution in [3.8, 4) is 0 Å². The Morgan fingerprint density at radius 2 is 1.65 bits per heavy atom. The van der Waals surface area contributed by atoms with Crippen LogP contribution in [0.3, 0.4) is 0 Å². The third-order valence-electron chi connectivity index (χ3n) is 2.37. The summed E-state index contributed by atoms with van der Waals surface area (Å²) in [6.07, 6.45) is -5.07. The second-order valence-electron chi connectivity index (χ2n) is 3.48. The van der Waals surface area contributed by atoms with Gasteiger partial charge in [0.1, 0.15) is 5.82 Å². The molecule has 0 aliphatic heterocycles. The van der Waals surface area contributed by atoms with E-state index < -0.39 is 23.3 Å². The van der Waals surface area contributed by atoms with Gasteiger partial charge in [-0.2, -0.15) is 13.2 Å². The van der Waals surface area contributed by atoms with Gasteiger partial charge in [-0.25, -0.2) is 4.39 Å². The van der Waals surface area contributed by atoms with Crippen molar-refractivity contribution in [1.82, 2.24) is 0 Å². The monoisotopic (exact) mass is 242 g/mol. The Hall–Kier alpha value is -1.91. The average Bonchev–Trinajstić information content (AvgIpc) is 2.28. The maximum Gasteiger partial charge on any atom is 0.454 e. The van der Waals surface area contributed by atoms with Crippen molar-refractivity contribution in [3.05, 3.63) is 47.8 Å². The standard InChI is InChI=1S/C12H6F4O/c13-10-8-4-2-1-3-7(8)5-6-9(10)11(17)12(14,15)16/h1-6H. The lowest BCUT2D eigenvalue weighted by molar-refractivity contribution is -0.0887. The topological polar surface area (TPSA) is 17.1 Å². The van der Waals surface area contributed by atoms with Crippen LogP contribution in [0.1, 0.15) is 10.4 Å². The molecule has 1 nitrogen and oxygen atoms in total. The number of Topliss-reactive ketones (excluding diaryl/α,β-unsaturated/α-hetero) is 1. The first-order valence-corrected chi connectivity index (χ1v) is 4.70. The van der Waals surface area contributed by atoms with Crippen LogP contribution in [-0.4, -0.2) is 12.0 Å². The van der Waals surface area contributed by atoms with E-state index >= 15 is 0 Å². The van der Waals surface area contributed by atoms with Crippen LogP contribution in [0.15, 0.2) is 36.4 Å². The third-order valence-corrected chi connectivity index (χ3v) is 2.37. The summed E-state index contributed by atoms with van der Waals surface area (Å²) in [5.74, 6) is -3.30. The number of halogens is 4. The highest BCUT2D eigenvalue weighted by atomic mass is 19.4. The van der Waals surface area contributed by atoms with E-state index in [2.05, 4.69) is 0 Å². The molecule has 17 heavy (non-hydrogen) atoms. The zero-order chi connectivity index (χ0) is 12.6. The number of hydrogen-bond donors (Lipinski definition) is 0. The predicted molar refractivity (Wildman–Crippen MR) is 54.3 cm³/mol. The zero-order valence-electron chi connectivity index (χ0n) is 8.38.